The Morgan fingerprint density at radius 3 is 2.38 bits per heavy atom. The maximum absolute atomic E-state index is 11.9. The minimum atomic E-state index is 0.111. The Balaban J connectivity index is 2.23. The lowest BCUT2D eigenvalue weighted by Gasteiger charge is -2.36. The largest absolute Gasteiger partial charge is 0.313 e. The number of pyridine rings is 1. The fourth-order valence-corrected chi connectivity index (χ4v) is 2.13. The van der Waals surface area contributed by atoms with Crippen LogP contribution in [0.25, 0.3) is 0 Å². The van der Waals surface area contributed by atoms with Gasteiger partial charge in [0.15, 0.2) is 0 Å². The van der Waals surface area contributed by atoms with Crippen molar-refractivity contribution in [3.05, 3.63) is 34.2 Å². The minimum absolute atomic E-state index is 0.111. The molecule has 1 unspecified atom stereocenters. The number of hydrogen-bond acceptors (Lipinski definition) is 2. The molecule has 0 aliphatic carbocycles. The first-order valence-electron chi connectivity index (χ1n) is 6.05. The van der Waals surface area contributed by atoms with E-state index in [9.17, 15) is 4.79 Å². The molecular formula is C13H20N2O. The summed E-state index contributed by atoms with van der Waals surface area (Å²) in [5.74, 6) is 0. The van der Waals surface area contributed by atoms with E-state index in [1.165, 1.54) is 6.42 Å². The van der Waals surface area contributed by atoms with E-state index in [0.29, 0.717) is 6.04 Å². The molecule has 16 heavy (non-hydrogen) atoms. The monoisotopic (exact) mass is 220 g/mol. The molecule has 2 rings (SSSR count). The second-order valence-corrected chi connectivity index (χ2v) is 4.86. The van der Waals surface area contributed by atoms with Crippen molar-refractivity contribution >= 4 is 0 Å². The van der Waals surface area contributed by atoms with Crippen LogP contribution in [0.5, 0.6) is 0 Å². The second-order valence-electron chi connectivity index (χ2n) is 4.86. The van der Waals surface area contributed by atoms with Crippen molar-refractivity contribution in [3.8, 4) is 0 Å². The van der Waals surface area contributed by atoms with E-state index >= 15 is 0 Å². The van der Waals surface area contributed by atoms with Crippen LogP contribution in [0.15, 0.2) is 23.1 Å². The van der Waals surface area contributed by atoms with Crippen molar-refractivity contribution < 1.29 is 0 Å². The molecule has 0 amide bonds. The first-order chi connectivity index (χ1) is 7.59. The highest BCUT2D eigenvalue weighted by molar-refractivity contribution is 5.16. The summed E-state index contributed by atoms with van der Waals surface area (Å²) in [7, 11) is 0. The van der Waals surface area contributed by atoms with E-state index in [4.69, 9.17) is 0 Å². The third-order valence-electron chi connectivity index (χ3n) is 3.45. The Morgan fingerprint density at radius 1 is 1.25 bits per heavy atom. The molecule has 0 spiro atoms. The first kappa shape index (κ1) is 11.4. The van der Waals surface area contributed by atoms with E-state index < -0.39 is 0 Å². The predicted molar refractivity (Wildman–Crippen MR) is 65.7 cm³/mol. The minimum Gasteiger partial charge on any atom is -0.313 e. The van der Waals surface area contributed by atoms with E-state index in [1.54, 1.807) is 10.6 Å². The maximum atomic E-state index is 11.9. The topological polar surface area (TPSA) is 25.2 Å². The van der Waals surface area contributed by atoms with E-state index in [0.717, 1.165) is 18.7 Å². The van der Waals surface area contributed by atoms with Crippen molar-refractivity contribution in [1.82, 2.24) is 9.47 Å². The summed E-state index contributed by atoms with van der Waals surface area (Å²) >= 11 is 0. The molecule has 0 aromatic carbocycles. The van der Waals surface area contributed by atoms with Gasteiger partial charge in [0.25, 0.3) is 5.56 Å². The molecule has 1 fully saturated rings. The van der Waals surface area contributed by atoms with Crippen LogP contribution in [0.3, 0.4) is 0 Å². The average Bonchev–Trinajstić information content (AvgIpc) is 2.14. The van der Waals surface area contributed by atoms with Gasteiger partial charge in [-0.05, 0) is 51.9 Å². The molecule has 0 saturated carbocycles. The van der Waals surface area contributed by atoms with Gasteiger partial charge >= 0.3 is 0 Å². The van der Waals surface area contributed by atoms with Crippen molar-refractivity contribution in [2.75, 3.05) is 13.1 Å². The Kier molecular flexibility index (Phi) is 3.15. The van der Waals surface area contributed by atoms with Gasteiger partial charge in [-0.3, -0.25) is 9.69 Å². The lowest BCUT2D eigenvalue weighted by molar-refractivity contribution is 0.128. The number of nitrogens with zero attached hydrogens (tertiary/aromatic N) is 2. The van der Waals surface area contributed by atoms with E-state index in [2.05, 4.69) is 17.9 Å². The fraction of sp³-hybridized carbons (Fsp3) is 0.615. The molecule has 1 aromatic rings. The Labute approximate surface area is 96.7 Å². The summed E-state index contributed by atoms with van der Waals surface area (Å²) in [5.41, 5.74) is 1.25. The molecule has 0 bridgehead atoms. The van der Waals surface area contributed by atoms with Crippen LogP contribution in [-0.4, -0.2) is 22.6 Å². The second kappa shape index (κ2) is 4.42. The Hall–Kier alpha value is -1.09. The first-order valence-corrected chi connectivity index (χ1v) is 6.05. The van der Waals surface area contributed by atoms with Gasteiger partial charge < -0.3 is 4.57 Å². The van der Waals surface area contributed by atoms with Gasteiger partial charge in [0.05, 0.1) is 0 Å². The Bertz CT molecular complexity index is 418. The van der Waals surface area contributed by atoms with Gasteiger partial charge in [0, 0.05) is 24.3 Å². The van der Waals surface area contributed by atoms with Crippen LogP contribution < -0.4 is 5.56 Å². The van der Waals surface area contributed by atoms with Crippen molar-refractivity contribution in [2.24, 2.45) is 0 Å². The summed E-state index contributed by atoms with van der Waals surface area (Å²) < 4.78 is 1.77. The molecule has 1 aliphatic heterocycles. The number of hydrogen-bond donors (Lipinski definition) is 0. The fourth-order valence-electron chi connectivity index (χ4n) is 2.13. The number of aromatic nitrogens is 1. The van der Waals surface area contributed by atoms with Crippen LogP contribution in [0, 0.1) is 0 Å². The quantitative estimate of drug-likeness (QED) is 0.780. The molecule has 1 saturated heterocycles. The van der Waals surface area contributed by atoms with Gasteiger partial charge in [-0.25, -0.2) is 0 Å². The zero-order chi connectivity index (χ0) is 11.7. The van der Waals surface area contributed by atoms with Gasteiger partial charge in [-0.15, -0.1) is 0 Å². The molecule has 3 heteroatoms. The SMILES string of the molecule is CC(c1ccn(C(C)C)c(=O)c1)N1CCC1. The normalized spacial score (nSPS) is 18.5. The zero-order valence-corrected chi connectivity index (χ0v) is 10.3. The summed E-state index contributed by atoms with van der Waals surface area (Å²) in [6, 6.07) is 4.47. The molecule has 1 aliphatic rings. The highest BCUT2D eigenvalue weighted by Crippen LogP contribution is 2.23. The van der Waals surface area contributed by atoms with Crippen molar-refractivity contribution in [1.29, 1.82) is 0 Å². The van der Waals surface area contributed by atoms with Gasteiger partial charge in [0.1, 0.15) is 0 Å². The molecule has 1 atom stereocenters. The number of likely N-dealkylation sites (tertiary alicyclic amines) is 1. The molecule has 0 N–H and O–H groups in total. The van der Waals surface area contributed by atoms with Gasteiger partial charge in [-0.1, -0.05) is 0 Å². The summed E-state index contributed by atoms with van der Waals surface area (Å²) in [4.78, 5) is 14.3. The van der Waals surface area contributed by atoms with E-state index in [-0.39, 0.29) is 11.6 Å². The standard InChI is InChI=1S/C13H20N2O/c1-10(2)15-8-5-12(9-13(15)16)11(3)14-6-4-7-14/h5,8-11H,4,6-7H2,1-3H3. The van der Waals surface area contributed by atoms with E-state index in [1.807, 2.05) is 20.0 Å². The van der Waals surface area contributed by atoms with Crippen molar-refractivity contribution in [3.63, 3.8) is 0 Å². The lowest BCUT2D eigenvalue weighted by Crippen LogP contribution is -2.39. The van der Waals surface area contributed by atoms with Crippen LogP contribution in [0.4, 0.5) is 0 Å². The van der Waals surface area contributed by atoms with Crippen LogP contribution in [0.2, 0.25) is 0 Å². The molecule has 2 heterocycles. The Morgan fingerprint density at radius 2 is 1.94 bits per heavy atom. The third-order valence-corrected chi connectivity index (χ3v) is 3.45. The summed E-state index contributed by atoms with van der Waals surface area (Å²) in [6.07, 6.45) is 3.20. The van der Waals surface area contributed by atoms with Crippen LogP contribution >= 0.6 is 0 Å². The summed E-state index contributed by atoms with van der Waals surface area (Å²) in [6.45, 7) is 8.55. The average molecular weight is 220 g/mol. The molecular weight excluding hydrogens is 200 g/mol. The zero-order valence-electron chi connectivity index (χ0n) is 10.3. The molecule has 88 valence electrons. The molecule has 1 aromatic heterocycles. The maximum Gasteiger partial charge on any atom is 0.251 e. The van der Waals surface area contributed by atoms with Crippen LogP contribution in [0.1, 0.15) is 44.8 Å². The van der Waals surface area contributed by atoms with Crippen molar-refractivity contribution in [2.45, 2.75) is 39.3 Å². The third kappa shape index (κ3) is 2.05. The number of rotatable bonds is 3. The van der Waals surface area contributed by atoms with Crippen LogP contribution in [-0.2, 0) is 0 Å². The molecule has 3 nitrogen and oxygen atoms in total. The highest BCUT2D eigenvalue weighted by Gasteiger charge is 2.21. The van der Waals surface area contributed by atoms with Gasteiger partial charge in [-0.2, -0.15) is 0 Å². The smallest absolute Gasteiger partial charge is 0.251 e. The van der Waals surface area contributed by atoms with Gasteiger partial charge in [0.2, 0.25) is 0 Å². The summed E-state index contributed by atoms with van der Waals surface area (Å²) in [5, 5.41) is 0. The molecule has 0 radical (unpaired) electrons. The predicted octanol–water partition coefficient (Wildman–Crippen LogP) is 2.20. The lowest BCUT2D eigenvalue weighted by atomic mass is 10.0. The highest BCUT2D eigenvalue weighted by atomic mass is 16.1.